The van der Waals surface area contributed by atoms with Crippen molar-refractivity contribution in [1.82, 2.24) is 4.90 Å². The van der Waals surface area contributed by atoms with Crippen molar-refractivity contribution in [2.75, 3.05) is 6.54 Å². The number of piperidine rings is 1. The minimum absolute atomic E-state index is 1.00. The second-order valence-electron chi connectivity index (χ2n) is 10.6. The van der Waals surface area contributed by atoms with Crippen molar-refractivity contribution in [2.24, 2.45) is 41.4 Å². The van der Waals surface area contributed by atoms with Gasteiger partial charge in [-0.3, -0.25) is 4.90 Å². The van der Waals surface area contributed by atoms with E-state index in [1.54, 1.807) is 64.2 Å². The van der Waals surface area contributed by atoms with Gasteiger partial charge < -0.3 is 0 Å². The van der Waals surface area contributed by atoms with Crippen LogP contribution >= 0.6 is 0 Å². The van der Waals surface area contributed by atoms with Gasteiger partial charge in [0.15, 0.2) is 0 Å². The summed E-state index contributed by atoms with van der Waals surface area (Å²) in [6, 6.07) is 2.02. The Morgan fingerprint density at radius 3 is 2.21 bits per heavy atom. The van der Waals surface area contributed by atoms with E-state index in [9.17, 15) is 0 Å². The van der Waals surface area contributed by atoms with Gasteiger partial charge in [-0.2, -0.15) is 0 Å². The molecule has 0 radical (unpaired) electrons. The largest absolute Gasteiger partial charge is 0.297 e. The molecule has 1 nitrogen and oxygen atoms in total. The van der Waals surface area contributed by atoms with Gasteiger partial charge in [0.1, 0.15) is 0 Å². The van der Waals surface area contributed by atoms with Gasteiger partial charge in [-0.25, -0.2) is 0 Å². The van der Waals surface area contributed by atoms with E-state index < -0.39 is 0 Å². The summed E-state index contributed by atoms with van der Waals surface area (Å²) in [7, 11) is 0. The fourth-order valence-corrected chi connectivity index (χ4v) is 9.33. The minimum atomic E-state index is 1.00. The van der Waals surface area contributed by atoms with Gasteiger partial charge in [0, 0.05) is 12.1 Å². The number of fused-ring (bicyclic) bond motifs is 9. The lowest BCUT2D eigenvalue weighted by Crippen LogP contribution is -2.44. The Balaban J connectivity index is 1.24. The second kappa shape index (κ2) is 5.73. The molecule has 4 saturated carbocycles. The highest BCUT2D eigenvalue weighted by atomic mass is 15.2. The van der Waals surface area contributed by atoms with E-state index in [0.29, 0.717) is 0 Å². The summed E-state index contributed by atoms with van der Waals surface area (Å²) in [5.41, 5.74) is 0. The summed E-state index contributed by atoms with van der Waals surface area (Å²) in [4.78, 5) is 3.02. The van der Waals surface area contributed by atoms with E-state index in [-0.39, 0.29) is 0 Å². The lowest BCUT2D eigenvalue weighted by molar-refractivity contribution is -0.0264. The normalized spacial score (nSPS) is 56.8. The molecule has 2 saturated heterocycles. The van der Waals surface area contributed by atoms with Gasteiger partial charge in [0.25, 0.3) is 0 Å². The number of nitrogens with zero attached hydrogens (tertiary/aromatic N) is 1. The molecule has 2 heterocycles. The maximum atomic E-state index is 3.02. The average Bonchev–Trinajstić information content (AvgIpc) is 3.17. The van der Waals surface area contributed by atoms with Crippen LogP contribution in [0.2, 0.25) is 0 Å². The molecule has 0 aromatic rings. The maximum absolute atomic E-state index is 3.02. The van der Waals surface area contributed by atoms with Gasteiger partial charge in [-0.1, -0.05) is 25.7 Å². The molecule has 0 bridgehead atoms. The SMILES string of the molecule is C1CCC2C(C1)CCC1C2CCC2C1CC1C2C[C@H]2CCCCN12. The predicted molar refractivity (Wildman–Crippen MR) is 98.7 cm³/mol. The zero-order valence-electron chi connectivity index (χ0n) is 15.5. The number of hydrogen-bond acceptors (Lipinski definition) is 1. The molecule has 0 amide bonds. The zero-order valence-corrected chi connectivity index (χ0v) is 15.5. The molecule has 6 rings (SSSR count). The Morgan fingerprint density at radius 1 is 0.500 bits per heavy atom. The molecule has 9 atom stereocenters. The second-order valence-corrected chi connectivity index (χ2v) is 10.6. The summed E-state index contributed by atoms with van der Waals surface area (Å²) in [6.07, 6.45) is 20.5. The Bertz CT molecular complexity index is 484. The van der Waals surface area contributed by atoms with E-state index in [1.807, 2.05) is 0 Å². The Morgan fingerprint density at radius 2 is 1.25 bits per heavy atom. The van der Waals surface area contributed by atoms with Crippen molar-refractivity contribution in [2.45, 2.75) is 95.6 Å². The Hall–Kier alpha value is -0.0400. The van der Waals surface area contributed by atoms with Crippen molar-refractivity contribution in [1.29, 1.82) is 0 Å². The predicted octanol–water partition coefficient (Wildman–Crippen LogP) is 5.49. The standard InChI is InChI=1S/C23H37N/c1-2-7-17-15(5-1)8-9-19-18(17)10-11-20-21(19)14-23-22(20)13-16-6-3-4-12-24(16)23/h15-23H,1-14H2/t15?,16-,17?,18?,19?,20?,21?,22?,23?/m1/s1. The molecule has 0 spiro atoms. The van der Waals surface area contributed by atoms with E-state index in [1.165, 1.54) is 25.8 Å². The van der Waals surface area contributed by atoms with E-state index in [0.717, 1.165) is 53.5 Å². The fraction of sp³-hybridized carbons (Fsp3) is 1.00. The first-order chi connectivity index (χ1) is 11.9. The van der Waals surface area contributed by atoms with E-state index in [4.69, 9.17) is 0 Å². The third-order valence-electron chi connectivity index (χ3n) is 10.1. The highest BCUT2D eigenvalue weighted by molar-refractivity contribution is 5.09. The summed E-state index contributed by atoms with van der Waals surface area (Å²) in [5.74, 6) is 8.00. The van der Waals surface area contributed by atoms with Crippen LogP contribution < -0.4 is 0 Å². The number of hydrogen-bond donors (Lipinski definition) is 0. The fourth-order valence-electron chi connectivity index (χ4n) is 9.33. The molecule has 134 valence electrons. The van der Waals surface area contributed by atoms with Crippen molar-refractivity contribution >= 4 is 0 Å². The van der Waals surface area contributed by atoms with Crippen molar-refractivity contribution in [3.8, 4) is 0 Å². The van der Waals surface area contributed by atoms with Crippen LogP contribution in [-0.2, 0) is 0 Å². The molecule has 1 heteroatoms. The highest BCUT2D eigenvalue weighted by Crippen LogP contribution is 2.62. The van der Waals surface area contributed by atoms with E-state index in [2.05, 4.69) is 4.90 Å². The molecule has 4 aliphatic carbocycles. The summed E-state index contributed by atoms with van der Waals surface area (Å²) >= 11 is 0. The quantitative estimate of drug-likeness (QED) is 0.568. The molecule has 8 unspecified atom stereocenters. The van der Waals surface area contributed by atoms with Crippen LogP contribution in [0.1, 0.15) is 83.5 Å². The first kappa shape index (κ1) is 15.1. The zero-order chi connectivity index (χ0) is 15.7. The van der Waals surface area contributed by atoms with Crippen LogP contribution in [0.4, 0.5) is 0 Å². The first-order valence-electron chi connectivity index (χ1n) is 11.7. The van der Waals surface area contributed by atoms with Gasteiger partial charge in [0.2, 0.25) is 0 Å². The Kier molecular flexibility index (Phi) is 3.60. The topological polar surface area (TPSA) is 3.24 Å². The third kappa shape index (κ3) is 2.09. The first-order valence-corrected chi connectivity index (χ1v) is 11.7. The van der Waals surface area contributed by atoms with Crippen LogP contribution in [0.15, 0.2) is 0 Å². The minimum Gasteiger partial charge on any atom is -0.297 e. The molecule has 6 aliphatic rings. The lowest BCUT2D eigenvalue weighted by Gasteiger charge is -2.52. The molecular formula is C23H37N. The molecule has 6 fully saturated rings. The van der Waals surface area contributed by atoms with Crippen LogP contribution in [-0.4, -0.2) is 23.5 Å². The van der Waals surface area contributed by atoms with Gasteiger partial charge in [-0.15, -0.1) is 0 Å². The molecule has 24 heavy (non-hydrogen) atoms. The molecule has 0 aromatic carbocycles. The van der Waals surface area contributed by atoms with Crippen LogP contribution in [0, 0.1) is 41.4 Å². The highest BCUT2D eigenvalue weighted by Gasteiger charge is 2.57. The summed E-state index contributed by atoms with van der Waals surface area (Å²) < 4.78 is 0. The van der Waals surface area contributed by atoms with Crippen LogP contribution in [0.5, 0.6) is 0 Å². The summed E-state index contributed by atoms with van der Waals surface area (Å²) in [6.45, 7) is 1.45. The third-order valence-corrected chi connectivity index (χ3v) is 10.1. The Labute approximate surface area is 148 Å². The van der Waals surface area contributed by atoms with Crippen molar-refractivity contribution in [3.05, 3.63) is 0 Å². The molecule has 2 aliphatic heterocycles. The molecule has 0 N–H and O–H groups in total. The monoisotopic (exact) mass is 327 g/mol. The van der Waals surface area contributed by atoms with Gasteiger partial charge in [-0.05, 0) is 106 Å². The smallest absolute Gasteiger partial charge is 0.0133 e. The maximum Gasteiger partial charge on any atom is 0.0133 e. The molecule has 0 aromatic heterocycles. The number of rotatable bonds is 0. The van der Waals surface area contributed by atoms with Crippen LogP contribution in [0.25, 0.3) is 0 Å². The van der Waals surface area contributed by atoms with Gasteiger partial charge in [0.05, 0.1) is 0 Å². The van der Waals surface area contributed by atoms with Crippen molar-refractivity contribution < 1.29 is 0 Å². The summed E-state index contributed by atoms with van der Waals surface area (Å²) in [5, 5.41) is 0. The lowest BCUT2D eigenvalue weighted by atomic mass is 9.53. The van der Waals surface area contributed by atoms with E-state index >= 15 is 0 Å². The average molecular weight is 328 g/mol. The molecular weight excluding hydrogens is 290 g/mol. The van der Waals surface area contributed by atoms with Crippen molar-refractivity contribution in [3.63, 3.8) is 0 Å². The van der Waals surface area contributed by atoms with Crippen LogP contribution in [0.3, 0.4) is 0 Å². The van der Waals surface area contributed by atoms with Gasteiger partial charge >= 0.3 is 0 Å².